The maximum atomic E-state index is 14.8. The molecule has 4 N–H and O–H groups in total. The summed E-state index contributed by atoms with van der Waals surface area (Å²) in [6.45, 7) is 6.27. The van der Waals surface area contributed by atoms with E-state index in [2.05, 4.69) is 35.8 Å². The van der Waals surface area contributed by atoms with Crippen LogP contribution in [0.1, 0.15) is 57.9 Å². The smallest absolute Gasteiger partial charge is 0.223 e. The molecule has 1 saturated carbocycles. The summed E-state index contributed by atoms with van der Waals surface area (Å²) in [5, 5.41) is 9.16. The molecule has 0 radical (unpaired) electrons. The van der Waals surface area contributed by atoms with Gasteiger partial charge >= 0.3 is 0 Å². The first-order valence-electron chi connectivity index (χ1n) is 13.6. The molecule has 0 aliphatic heterocycles. The number of nitrogens with zero attached hydrogens (tertiary/aromatic N) is 3. The number of hydrogen-bond acceptors (Lipinski definition) is 9. The van der Waals surface area contributed by atoms with Gasteiger partial charge in [-0.2, -0.15) is 0 Å². The van der Waals surface area contributed by atoms with Crippen molar-refractivity contribution in [3.8, 4) is 21.8 Å². The van der Waals surface area contributed by atoms with E-state index in [1.165, 1.54) is 43.3 Å². The van der Waals surface area contributed by atoms with E-state index in [0.29, 0.717) is 35.2 Å². The van der Waals surface area contributed by atoms with Crippen molar-refractivity contribution in [2.24, 2.45) is 5.14 Å². The van der Waals surface area contributed by atoms with E-state index >= 15 is 0 Å². The minimum atomic E-state index is -0.720. The van der Waals surface area contributed by atoms with Gasteiger partial charge in [0.25, 0.3) is 0 Å². The fourth-order valence-corrected chi connectivity index (χ4v) is 6.25. The average Bonchev–Trinajstić information content (AvgIpc) is 3.41. The molecule has 12 heteroatoms. The lowest BCUT2D eigenvalue weighted by atomic mass is 9.96. The Balaban J connectivity index is 0.00000129. The van der Waals surface area contributed by atoms with Gasteiger partial charge in [0, 0.05) is 23.2 Å². The fourth-order valence-electron chi connectivity index (χ4n) is 4.43. The quantitative estimate of drug-likeness (QED) is 0.174. The van der Waals surface area contributed by atoms with Crippen LogP contribution in [0.4, 0.5) is 24.8 Å². The molecule has 5 rings (SSSR count). The Hall–Kier alpha value is -2.80. The average molecular weight is 633 g/mol. The minimum Gasteiger partial charge on any atom is -0.351 e. The first kappa shape index (κ1) is 32.1. The predicted octanol–water partition coefficient (Wildman–Crippen LogP) is 9.07. The second-order valence-electron chi connectivity index (χ2n) is 10.9. The number of nitrogens with one attached hydrogen (secondary N) is 2. The number of anilines is 2. The van der Waals surface area contributed by atoms with Crippen molar-refractivity contribution in [1.82, 2.24) is 15.0 Å². The van der Waals surface area contributed by atoms with Gasteiger partial charge in [-0.05, 0) is 67.4 Å². The summed E-state index contributed by atoms with van der Waals surface area (Å²) in [4.78, 5) is 14.8. The van der Waals surface area contributed by atoms with Crippen molar-refractivity contribution in [3.63, 3.8) is 0 Å². The van der Waals surface area contributed by atoms with Crippen molar-refractivity contribution in [3.05, 3.63) is 71.1 Å². The Bertz CT molecular complexity index is 1470. The van der Waals surface area contributed by atoms with E-state index in [9.17, 15) is 13.2 Å². The molecule has 2 heterocycles. The topological polar surface area (TPSA) is 88.8 Å². The van der Waals surface area contributed by atoms with Crippen molar-refractivity contribution in [2.75, 3.05) is 16.3 Å². The summed E-state index contributed by atoms with van der Waals surface area (Å²) in [5.74, 6) is -1.40. The molecule has 1 fully saturated rings. The maximum Gasteiger partial charge on any atom is 0.223 e. The molecule has 4 aromatic rings. The molecule has 2 aromatic heterocycles. The van der Waals surface area contributed by atoms with Gasteiger partial charge in [-0.3, -0.25) is 5.14 Å². The van der Waals surface area contributed by atoms with Crippen LogP contribution < -0.4 is 15.2 Å². The zero-order chi connectivity index (χ0) is 30.3. The number of thiazole rings is 1. The third-order valence-electron chi connectivity index (χ3n) is 6.52. The molecule has 1 aliphatic carbocycles. The van der Waals surface area contributed by atoms with Crippen LogP contribution >= 0.6 is 35.2 Å². The van der Waals surface area contributed by atoms with Gasteiger partial charge < -0.3 is 10.0 Å². The lowest BCUT2D eigenvalue weighted by Gasteiger charge is -2.22. The fraction of sp³-hybridized carbons (Fsp3) is 0.367. The van der Waals surface area contributed by atoms with Crippen LogP contribution in [-0.4, -0.2) is 27.2 Å². The monoisotopic (exact) mass is 632 g/mol. The molecule has 0 bridgehead atoms. The number of hydrogen-bond donors (Lipinski definition) is 3. The highest BCUT2D eigenvalue weighted by Crippen LogP contribution is 2.41. The summed E-state index contributed by atoms with van der Waals surface area (Å²) in [6, 6.07) is 10.4. The van der Waals surface area contributed by atoms with Gasteiger partial charge in [-0.1, -0.05) is 58.0 Å². The van der Waals surface area contributed by atoms with Crippen LogP contribution in [0.15, 0.2) is 53.6 Å². The largest absolute Gasteiger partial charge is 0.351 e. The molecule has 6 nitrogen and oxygen atoms in total. The van der Waals surface area contributed by atoms with Gasteiger partial charge in [-0.15, -0.1) is 11.3 Å². The zero-order valence-corrected chi connectivity index (χ0v) is 26.5. The standard InChI is InChI=1S/C29H30F3N5S2.CH5NS/c1-29(2,3)27-36-24(26(38-27)22-14-15-33-28(35-22)34-18-8-5-4-6-9-18)17-12-13-19(30)23(16-17)37-39-25-20(31)10-7-11-21(25)32;1-3-2/h7,10-16,18,37H,4-6,8-9H2,1-3H3,(H,33,34,35);2H2,1H3. The number of aromatic nitrogens is 3. The SMILES string of the molecule is CC(C)(C)c1nc(-c2ccc(F)c(NSc3c(F)cccc3F)c2)c(-c2ccnc(NC3CCCCC3)n2)s1.CSN. The Morgan fingerprint density at radius 1 is 0.952 bits per heavy atom. The van der Waals surface area contributed by atoms with Crippen molar-refractivity contribution in [1.29, 1.82) is 0 Å². The molecule has 0 amide bonds. The van der Waals surface area contributed by atoms with Crippen LogP contribution in [0, 0.1) is 17.5 Å². The Morgan fingerprint density at radius 3 is 2.31 bits per heavy atom. The third kappa shape index (κ3) is 8.18. The zero-order valence-electron chi connectivity index (χ0n) is 24.0. The Morgan fingerprint density at radius 2 is 1.64 bits per heavy atom. The maximum absolute atomic E-state index is 14.8. The minimum absolute atomic E-state index is 0.0961. The molecular formula is C30H35F3N6S3. The lowest BCUT2D eigenvalue weighted by Crippen LogP contribution is -2.23. The Labute approximate surface area is 257 Å². The van der Waals surface area contributed by atoms with Gasteiger partial charge in [0.15, 0.2) is 0 Å². The van der Waals surface area contributed by atoms with E-state index in [1.807, 2.05) is 12.3 Å². The molecule has 0 spiro atoms. The van der Waals surface area contributed by atoms with Gasteiger partial charge in [0.1, 0.15) is 17.5 Å². The Kier molecular flexibility index (Phi) is 11.2. The molecule has 0 saturated heterocycles. The molecule has 224 valence electrons. The van der Waals surface area contributed by atoms with Gasteiger partial charge in [-0.25, -0.2) is 28.1 Å². The summed E-state index contributed by atoms with van der Waals surface area (Å²) < 4.78 is 45.8. The van der Waals surface area contributed by atoms with Gasteiger partial charge in [0.05, 0.1) is 31.9 Å². The summed E-state index contributed by atoms with van der Waals surface area (Å²) in [5.41, 5.74) is 1.94. The van der Waals surface area contributed by atoms with Crippen molar-refractivity contribution in [2.45, 2.75) is 69.2 Å². The molecule has 0 atom stereocenters. The van der Waals surface area contributed by atoms with Crippen LogP contribution in [0.25, 0.3) is 21.8 Å². The molecular weight excluding hydrogens is 598 g/mol. The molecule has 0 unspecified atom stereocenters. The predicted molar refractivity (Wildman–Crippen MR) is 171 cm³/mol. The first-order valence-corrected chi connectivity index (χ1v) is 16.5. The van der Waals surface area contributed by atoms with Crippen LogP contribution in [0.2, 0.25) is 0 Å². The van der Waals surface area contributed by atoms with Crippen LogP contribution in [0.5, 0.6) is 0 Å². The number of halogens is 3. The van der Waals surface area contributed by atoms with E-state index in [-0.39, 0.29) is 16.0 Å². The highest BCUT2D eigenvalue weighted by atomic mass is 32.2. The van der Waals surface area contributed by atoms with Gasteiger partial charge in [0.2, 0.25) is 5.95 Å². The summed E-state index contributed by atoms with van der Waals surface area (Å²) >= 11 is 3.48. The second kappa shape index (κ2) is 14.6. The third-order valence-corrected chi connectivity index (χ3v) is 8.94. The first-order chi connectivity index (χ1) is 20.1. The van der Waals surface area contributed by atoms with Crippen LogP contribution in [0.3, 0.4) is 0 Å². The summed E-state index contributed by atoms with van der Waals surface area (Å²) in [6.07, 6.45) is 9.44. The van der Waals surface area contributed by atoms with Crippen molar-refractivity contribution < 1.29 is 13.2 Å². The van der Waals surface area contributed by atoms with E-state index in [1.54, 1.807) is 29.7 Å². The molecule has 1 aliphatic rings. The highest BCUT2D eigenvalue weighted by Gasteiger charge is 2.25. The lowest BCUT2D eigenvalue weighted by molar-refractivity contribution is 0.461. The summed E-state index contributed by atoms with van der Waals surface area (Å²) in [7, 11) is 0. The number of benzene rings is 2. The molecule has 2 aromatic carbocycles. The van der Waals surface area contributed by atoms with Crippen molar-refractivity contribution >= 4 is 46.9 Å². The number of rotatable bonds is 7. The normalized spacial score (nSPS) is 13.8. The van der Waals surface area contributed by atoms with Crippen LogP contribution in [-0.2, 0) is 5.41 Å². The number of nitrogens with two attached hydrogens (primary N) is 1. The van der Waals surface area contributed by atoms with E-state index in [0.717, 1.165) is 40.6 Å². The van der Waals surface area contributed by atoms with E-state index < -0.39 is 17.5 Å². The highest BCUT2D eigenvalue weighted by molar-refractivity contribution is 8.00. The second-order valence-corrected chi connectivity index (χ2v) is 13.2. The molecule has 42 heavy (non-hydrogen) atoms. The van der Waals surface area contributed by atoms with E-state index in [4.69, 9.17) is 15.1 Å².